The molecule has 0 fully saturated rings. The van der Waals surface area contributed by atoms with Gasteiger partial charge in [0.05, 0.1) is 14.2 Å². The van der Waals surface area contributed by atoms with E-state index in [1.54, 1.807) is 0 Å². The van der Waals surface area contributed by atoms with Crippen LogP contribution in [0.25, 0.3) is 0 Å². The van der Waals surface area contributed by atoms with Gasteiger partial charge in [-0.3, -0.25) is 4.55 Å². The highest BCUT2D eigenvalue weighted by Gasteiger charge is 2.32. The van der Waals surface area contributed by atoms with E-state index < -0.39 is 10.1 Å². The lowest BCUT2D eigenvalue weighted by atomic mass is 9.93. The van der Waals surface area contributed by atoms with Gasteiger partial charge in [0.25, 0.3) is 10.1 Å². The van der Waals surface area contributed by atoms with E-state index in [4.69, 9.17) is 9.47 Å². The Hall–Kier alpha value is -1.47. The molecule has 1 unspecified atom stereocenters. The summed E-state index contributed by atoms with van der Waals surface area (Å²) >= 11 is 0. The van der Waals surface area contributed by atoms with Gasteiger partial charge >= 0.3 is 0 Å². The molecule has 0 amide bonds. The molecule has 1 atom stereocenters. The molecule has 2 N–H and O–H groups in total. The summed E-state index contributed by atoms with van der Waals surface area (Å²) in [7, 11) is -1.82. The molecule has 7 heteroatoms. The Morgan fingerprint density at radius 1 is 1.14 bits per heavy atom. The highest BCUT2D eigenvalue weighted by molar-refractivity contribution is 7.86. The molecule has 1 aromatic rings. The number of hydrogen-bond acceptors (Lipinski definition) is 5. The monoisotopic (exact) mass is 332 g/mol. The van der Waals surface area contributed by atoms with Crippen LogP contribution in [0.5, 0.6) is 17.2 Å². The van der Waals surface area contributed by atoms with E-state index in [0.29, 0.717) is 19.3 Å². The molecule has 0 radical (unpaired) electrons. The summed E-state index contributed by atoms with van der Waals surface area (Å²) in [5.74, 6) is -0.410. The highest BCUT2D eigenvalue weighted by Crippen LogP contribution is 2.49. The lowest BCUT2D eigenvalue weighted by molar-refractivity contribution is 0.329. The van der Waals surface area contributed by atoms with Gasteiger partial charge < -0.3 is 14.6 Å². The van der Waals surface area contributed by atoms with Crippen LogP contribution in [0.1, 0.15) is 50.7 Å². The topological polar surface area (TPSA) is 93.1 Å². The molecule has 0 aliphatic rings. The van der Waals surface area contributed by atoms with Crippen LogP contribution in [0.3, 0.4) is 0 Å². The van der Waals surface area contributed by atoms with Crippen molar-refractivity contribution < 1.29 is 27.6 Å². The van der Waals surface area contributed by atoms with Crippen LogP contribution < -0.4 is 9.47 Å². The van der Waals surface area contributed by atoms with Gasteiger partial charge in [-0.1, -0.05) is 27.2 Å². The summed E-state index contributed by atoms with van der Waals surface area (Å²) in [5.41, 5.74) is 0.565. The number of aromatic hydroxyl groups is 1. The molecule has 0 aliphatic carbocycles. The van der Waals surface area contributed by atoms with Gasteiger partial charge in [0.2, 0.25) is 5.75 Å². The second kappa shape index (κ2) is 7.19. The Balaban J connectivity index is 4.02. The lowest BCUT2D eigenvalue weighted by Crippen LogP contribution is -2.13. The summed E-state index contributed by atoms with van der Waals surface area (Å²) in [5, 5.41) is 10.4. The average molecular weight is 332 g/mol. The third kappa shape index (κ3) is 3.30. The molecule has 1 aromatic carbocycles. The molecule has 0 aromatic heterocycles. The fourth-order valence-electron chi connectivity index (χ4n) is 2.59. The van der Waals surface area contributed by atoms with Crippen molar-refractivity contribution in [2.24, 2.45) is 0 Å². The van der Waals surface area contributed by atoms with Crippen LogP contribution in [-0.4, -0.2) is 32.3 Å². The zero-order chi connectivity index (χ0) is 17.1. The van der Waals surface area contributed by atoms with Crippen LogP contribution in [-0.2, 0) is 16.5 Å². The minimum absolute atomic E-state index is 0.0263. The zero-order valence-electron chi connectivity index (χ0n) is 13.6. The maximum Gasteiger partial charge on any atom is 0.295 e. The summed E-state index contributed by atoms with van der Waals surface area (Å²) in [6, 6.07) is 0. The van der Waals surface area contributed by atoms with E-state index >= 15 is 0 Å². The molecule has 0 aliphatic heterocycles. The maximum atomic E-state index is 12.0. The minimum atomic E-state index is -4.49. The number of hydrogen-bond donors (Lipinski definition) is 2. The smallest absolute Gasteiger partial charge is 0.295 e. The molecule has 0 heterocycles. The molecule has 126 valence electrons. The van der Waals surface area contributed by atoms with Gasteiger partial charge in [0.15, 0.2) is 11.5 Å². The molecule has 1 rings (SSSR count). The quantitative estimate of drug-likeness (QED) is 0.745. The molecule has 0 saturated carbocycles. The van der Waals surface area contributed by atoms with Gasteiger partial charge in [0, 0.05) is 11.1 Å². The van der Waals surface area contributed by atoms with Crippen molar-refractivity contribution >= 4 is 10.1 Å². The molecule has 0 spiro atoms. The second-order valence-electron chi connectivity index (χ2n) is 5.17. The molecule has 0 saturated heterocycles. The number of rotatable bonds is 7. The van der Waals surface area contributed by atoms with Gasteiger partial charge in [-0.25, -0.2) is 0 Å². The third-order valence-corrected chi connectivity index (χ3v) is 4.72. The highest BCUT2D eigenvalue weighted by atomic mass is 32.2. The first-order chi connectivity index (χ1) is 10.2. The van der Waals surface area contributed by atoms with Crippen LogP contribution in [0.15, 0.2) is 4.90 Å². The Morgan fingerprint density at radius 2 is 1.68 bits per heavy atom. The summed E-state index contributed by atoms with van der Waals surface area (Å²) in [4.78, 5) is -0.213. The standard InChI is InChI=1S/C15H24O6S/c1-6-8-10-13(20-4)12(16)14(21-5)11(9(3)7-2)15(10)22(17,18)19/h9,16H,6-8H2,1-5H3,(H,17,18,19). The molecule has 6 nitrogen and oxygen atoms in total. The van der Waals surface area contributed by atoms with Crippen LogP contribution in [0.2, 0.25) is 0 Å². The predicted molar refractivity (Wildman–Crippen MR) is 83.7 cm³/mol. The number of methoxy groups -OCH3 is 2. The van der Waals surface area contributed by atoms with Crippen LogP contribution >= 0.6 is 0 Å². The SMILES string of the molecule is CCCc1c(OC)c(O)c(OC)c(C(C)CC)c1S(=O)(=O)O. The number of phenols is 1. The lowest BCUT2D eigenvalue weighted by Gasteiger charge is -2.23. The Kier molecular flexibility index (Phi) is 6.08. The van der Waals surface area contributed by atoms with Crippen molar-refractivity contribution in [1.29, 1.82) is 0 Å². The van der Waals surface area contributed by atoms with Crippen molar-refractivity contribution in [3.05, 3.63) is 11.1 Å². The van der Waals surface area contributed by atoms with Crippen molar-refractivity contribution in [3.63, 3.8) is 0 Å². The van der Waals surface area contributed by atoms with Crippen molar-refractivity contribution in [1.82, 2.24) is 0 Å². The Labute approximate surface area is 131 Å². The Bertz CT molecular complexity index is 636. The van der Waals surface area contributed by atoms with Gasteiger partial charge in [-0.05, 0) is 18.8 Å². The average Bonchev–Trinajstić information content (AvgIpc) is 2.45. The molecular weight excluding hydrogens is 308 g/mol. The Morgan fingerprint density at radius 3 is 2.05 bits per heavy atom. The first-order valence-electron chi connectivity index (χ1n) is 7.21. The normalized spacial score (nSPS) is 13.0. The van der Waals surface area contributed by atoms with E-state index in [1.807, 2.05) is 20.8 Å². The van der Waals surface area contributed by atoms with E-state index in [9.17, 15) is 18.1 Å². The second-order valence-corrected chi connectivity index (χ2v) is 6.53. The fraction of sp³-hybridized carbons (Fsp3) is 0.600. The maximum absolute atomic E-state index is 12.0. The first kappa shape index (κ1) is 18.6. The van der Waals surface area contributed by atoms with Crippen LogP contribution in [0, 0.1) is 0 Å². The summed E-state index contributed by atoms with van der Waals surface area (Å²) < 4.78 is 44.1. The van der Waals surface area contributed by atoms with Gasteiger partial charge in [0.1, 0.15) is 4.90 Å². The number of phenolic OH excluding ortho intramolecular Hbond substituents is 1. The summed E-state index contributed by atoms with van der Waals surface area (Å²) in [6.45, 7) is 5.57. The van der Waals surface area contributed by atoms with E-state index in [2.05, 4.69) is 0 Å². The van der Waals surface area contributed by atoms with Crippen molar-refractivity contribution in [2.75, 3.05) is 14.2 Å². The van der Waals surface area contributed by atoms with E-state index in [-0.39, 0.29) is 39.2 Å². The van der Waals surface area contributed by atoms with E-state index in [0.717, 1.165) is 0 Å². The number of ether oxygens (including phenoxy) is 2. The van der Waals surface area contributed by atoms with Crippen molar-refractivity contribution in [2.45, 2.75) is 50.8 Å². The minimum Gasteiger partial charge on any atom is -0.502 e. The van der Waals surface area contributed by atoms with Gasteiger partial charge in [-0.15, -0.1) is 0 Å². The zero-order valence-corrected chi connectivity index (χ0v) is 14.5. The fourth-order valence-corrected chi connectivity index (χ4v) is 3.67. The summed E-state index contributed by atoms with van der Waals surface area (Å²) in [6.07, 6.45) is 1.60. The van der Waals surface area contributed by atoms with Gasteiger partial charge in [-0.2, -0.15) is 8.42 Å². The predicted octanol–water partition coefficient (Wildman–Crippen LogP) is 3.12. The third-order valence-electron chi connectivity index (χ3n) is 3.74. The first-order valence-corrected chi connectivity index (χ1v) is 8.65. The largest absolute Gasteiger partial charge is 0.502 e. The van der Waals surface area contributed by atoms with E-state index in [1.165, 1.54) is 14.2 Å². The number of benzene rings is 1. The van der Waals surface area contributed by atoms with Crippen molar-refractivity contribution in [3.8, 4) is 17.2 Å². The molecule has 0 bridgehead atoms. The van der Waals surface area contributed by atoms with Crippen LogP contribution in [0.4, 0.5) is 0 Å². The molecule has 22 heavy (non-hydrogen) atoms. The molecular formula is C15H24O6S.